The molecule has 2 aromatic heterocycles. The lowest BCUT2D eigenvalue weighted by molar-refractivity contribution is -0.133. The number of likely N-dealkylation sites (tertiary alicyclic amines) is 1. The second-order valence-electron chi connectivity index (χ2n) is 6.52. The number of aryl methyl sites for hydroxylation is 2. The molecule has 2 aromatic rings. The van der Waals surface area contributed by atoms with E-state index in [0.29, 0.717) is 11.6 Å². The molecule has 1 unspecified atom stereocenters. The van der Waals surface area contributed by atoms with E-state index >= 15 is 0 Å². The van der Waals surface area contributed by atoms with Crippen LogP contribution < -0.4 is 5.69 Å². The normalized spacial score (nSPS) is 17.9. The molecule has 3 rings (SSSR count). The Labute approximate surface area is 141 Å². The summed E-state index contributed by atoms with van der Waals surface area (Å²) in [6.45, 7) is 6.04. The number of nitrogens with zero attached hydrogens (tertiary/aromatic N) is 5. The van der Waals surface area contributed by atoms with Gasteiger partial charge in [-0.15, -0.1) is 0 Å². The maximum absolute atomic E-state index is 12.6. The number of carbonyl (C=O) groups is 1. The van der Waals surface area contributed by atoms with Gasteiger partial charge in [0.15, 0.2) is 0 Å². The lowest BCUT2D eigenvalue weighted by Gasteiger charge is -2.33. The van der Waals surface area contributed by atoms with Gasteiger partial charge in [0.25, 0.3) is 0 Å². The molecule has 0 N–H and O–H groups in total. The van der Waals surface area contributed by atoms with Crippen LogP contribution in [0.5, 0.6) is 0 Å². The highest BCUT2D eigenvalue weighted by Gasteiger charge is 2.24. The molecule has 3 heterocycles. The van der Waals surface area contributed by atoms with Crippen molar-refractivity contribution in [2.24, 2.45) is 5.92 Å². The molecule has 0 aliphatic carbocycles. The molecule has 7 nitrogen and oxygen atoms in total. The van der Waals surface area contributed by atoms with Gasteiger partial charge in [0.05, 0.1) is 6.33 Å². The van der Waals surface area contributed by atoms with Crippen LogP contribution in [-0.2, 0) is 17.9 Å². The zero-order chi connectivity index (χ0) is 17.1. The van der Waals surface area contributed by atoms with Crippen LogP contribution >= 0.6 is 0 Å². The minimum absolute atomic E-state index is 0.0128. The van der Waals surface area contributed by atoms with Crippen molar-refractivity contribution in [3.63, 3.8) is 0 Å². The third kappa shape index (κ3) is 3.72. The first-order chi connectivity index (χ1) is 11.5. The molecule has 7 heteroatoms. The molecule has 1 saturated heterocycles. The second-order valence-corrected chi connectivity index (χ2v) is 6.52. The van der Waals surface area contributed by atoms with Gasteiger partial charge in [-0.2, -0.15) is 4.98 Å². The number of carbonyl (C=O) groups excluding carboxylic acids is 1. The van der Waals surface area contributed by atoms with Crippen molar-refractivity contribution in [2.75, 3.05) is 13.1 Å². The zero-order valence-corrected chi connectivity index (χ0v) is 14.2. The van der Waals surface area contributed by atoms with Gasteiger partial charge in [0.2, 0.25) is 5.91 Å². The van der Waals surface area contributed by atoms with Gasteiger partial charge >= 0.3 is 5.69 Å². The molecular weight excluding hydrogens is 306 g/mol. The molecule has 1 fully saturated rings. The minimum Gasteiger partial charge on any atom is -0.341 e. The van der Waals surface area contributed by atoms with Gasteiger partial charge in [0.1, 0.15) is 6.54 Å². The summed E-state index contributed by atoms with van der Waals surface area (Å²) in [4.78, 5) is 34.5. The van der Waals surface area contributed by atoms with E-state index in [9.17, 15) is 9.59 Å². The molecule has 0 spiro atoms. The van der Waals surface area contributed by atoms with Gasteiger partial charge in [0, 0.05) is 43.4 Å². The van der Waals surface area contributed by atoms with E-state index in [-0.39, 0.29) is 18.1 Å². The summed E-state index contributed by atoms with van der Waals surface area (Å²) in [6, 6.07) is 1.83. The van der Waals surface area contributed by atoms with E-state index in [1.165, 1.54) is 4.57 Å². The van der Waals surface area contributed by atoms with Crippen LogP contribution in [0, 0.1) is 19.8 Å². The molecular formula is C17H23N5O2. The molecule has 1 aliphatic rings. The van der Waals surface area contributed by atoms with E-state index in [4.69, 9.17) is 0 Å². The van der Waals surface area contributed by atoms with Crippen molar-refractivity contribution >= 4 is 5.91 Å². The largest absolute Gasteiger partial charge is 0.348 e. The Balaban J connectivity index is 1.65. The summed E-state index contributed by atoms with van der Waals surface area (Å²) in [6.07, 6.45) is 7.62. The van der Waals surface area contributed by atoms with Crippen LogP contribution in [0.4, 0.5) is 0 Å². The Morgan fingerprint density at radius 1 is 1.38 bits per heavy atom. The third-order valence-electron chi connectivity index (χ3n) is 4.54. The van der Waals surface area contributed by atoms with Gasteiger partial charge in [-0.05, 0) is 38.7 Å². The standard InChI is InChI=1S/C17H23N5O2/c1-13-8-14(2)22(17(24)19-13)11-16(23)21-6-3-4-15(10-21)9-20-7-5-18-12-20/h5,7-8,12,15H,3-4,6,9-11H2,1-2H3. The summed E-state index contributed by atoms with van der Waals surface area (Å²) >= 11 is 0. The van der Waals surface area contributed by atoms with Crippen LogP contribution in [0.3, 0.4) is 0 Å². The Morgan fingerprint density at radius 2 is 2.21 bits per heavy atom. The van der Waals surface area contributed by atoms with Crippen molar-refractivity contribution in [1.29, 1.82) is 0 Å². The average molecular weight is 329 g/mol. The summed E-state index contributed by atoms with van der Waals surface area (Å²) in [5.41, 5.74) is 1.10. The van der Waals surface area contributed by atoms with E-state index in [1.807, 2.05) is 30.4 Å². The molecule has 0 aromatic carbocycles. The predicted molar refractivity (Wildman–Crippen MR) is 89.5 cm³/mol. The van der Waals surface area contributed by atoms with Crippen molar-refractivity contribution < 1.29 is 4.79 Å². The Bertz CT molecular complexity index is 766. The van der Waals surface area contributed by atoms with Crippen LogP contribution in [0.15, 0.2) is 29.6 Å². The maximum Gasteiger partial charge on any atom is 0.348 e. The summed E-state index contributed by atoms with van der Waals surface area (Å²) in [5, 5.41) is 0. The Morgan fingerprint density at radius 3 is 2.92 bits per heavy atom. The van der Waals surface area contributed by atoms with Gasteiger partial charge in [-0.1, -0.05) is 0 Å². The number of rotatable bonds is 4. The van der Waals surface area contributed by atoms with Crippen LogP contribution in [0.1, 0.15) is 24.2 Å². The molecule has 0 radical (unpaired) electrons. The first-order valence-electron chi connectivity index (χ1n) is 8.31. The molecule has 0 bridgehead atoms. The van der Waals surface area contributed by atoms with E-state index in [2.05, 4.69) is 14.5 Å². The first-order valence-corrected chi connectivity index (χ1v) is 8.31. The zero-order valence-electron chi connectivity index (χ0n) is 14.2. The van der Waals surface area contributed by atoms with E-state index in [1.54, 1.807) is 13.1 Å². The number of hydrogen-bond donors (Lipinski definition) is 0. The van der Waals surface area contributed by atoms with Gasteiger partial charge < -0.3 is 9.47 Å². The molecule has 1 atom stereocenters. The average Bonchev–Trinajstić information content (AvgIpc) is 3.04. The number of imidazole rings is 1. The van der Waals surface area contributed by atoms with Crippen LogP contribution in [0.2, 0.25) is 0 Å². The number of aromatic nitrogens is 4. The Kier molecular flexibility index (Phi) is 4.78. The van der Waals surface area contributed by atoms with E-state index < -0.39 is 0 Å². The Hall–Kier alpha value is -2.44. The number of piperidine rings is 1. The van der Waals surface area contributed by atoms with Crippen molar-refractivity contribution in [2.45, 2.75) is 39.8 Å². The minimum atomic E-state index is -0.354. The topological polar surface area (TPSA) is 73.0 Å². The first kappa shape index (κ1) is 16.4. The van der Waals surface area contributed by atoms with E-state index in [0.717, 1.165) is 38.2 Å². The second kappa shape index (κ2) is 6.98. The van der Waals surface area contributed by atoms with Crippen molar-refractivity contribution in [3.05, 3.63) is 46.7 Å². The summed E-state index contributed by atoms with van der Waals surface area (Å²) < 4.78 is 3.51. The van der Waals surface area contributed by atoms with Crippen LogP contribution in [-0.4, -0.2) is 43.0 Å². The van der Waals surface area contributed by atoms with Crippen molar-refractivity contribution in [3.8, 4) is 0 Å². The predicted octanol–water partition coefficient (Wildman–Crippen LogP) is 0.995. The highest BCUT2D eigenvalue weighted by Crippen LogP contribution is 2.18. The monoisotopic (exact) mass is 329 g/mol. The summed E-state index contributed by atoms with van der Waals surface area (Å²) in [5.74, 6) is 0.409. The fourth-order valence-electron chi connectivity index (χ4n) is 3.34. The number of amides is 1. The number of hydrogen-bond acceptors (Lipinski definition) is 4. The fourth-order valence-corrected chi connectivity index (χ4v) is 3.34. The van der Waals surface area contributed by atoms with Crippen LogP contribution in [0.25, 0.3) is 0 Å². The quantitative estimate of drug-likeness (QED) is 0.839. The molecule has 128 valence electrons. The van der Waals surface area contributed by atoms with Gasteiger partial charge in [-0.25, -0.2) is 9.78 Å². The molecule has 24 heavy (non-hydrogen) atoms. The SMILES string of the molecule is Cc1cc(C)n(CC(=O)N2CCCC(Cn3ccnc3)C2)c(=O)n1. The smallest absolute Gasteiger partial charge is 0.341 e. The lowest BCUT2D eigenvalue weighted by Crippen LogP contribution is -2.44. The molecule has 1 aliphatic heterocycles. The maximum atomic E-state index is 12.6. The summed E-state index contributed by atoms with van der Waals surface area (Å²) in [7, 11) is 0. The fraction of sp³-hybridized carbons (Fsp3) is 0.529. The molecule has 1 amide bonds. The highest BCUT2D eigenvalue weighted by atomic mass is 16.2. The lowest BCUT2D eigenvalue weighted by atomic mass is 9.98. The van der Waals surface area contributed by atoms with Crippen molar-refractivity contribution in [1.82, 2.24) is 24.0 Å². The molecule has 0 saturated carbocycles. The van der Waals surface area contributed by atoms with Gasteiger partial charge in [-0.3, -0.25) is 9.36 Å². The third-order valence-corrected chi connectivity index (χ3v) is 4.54. The highest BCUT2D eigenvalue weighted by molar-refractivity contribution is 5.76.